The van der Waals surface area contributed by atoms with Crippen LogP contribution in [0.25, 0.3) is 0 Å². The first-order valence-electron chi connectivity index (χ1n) is 6.01. The summed E-state index contributed by atoms with van der Waals surface area (Å²) in [5.74, 6) is 0.960. The van der Waals surface area contributed by atoms with Crippen molar-refractivity contribution in [2.24, 2.45) is 5.73 Å². The average Bonchev–Trinajstić information content (AvgIpc) is 2.73. The molecular formula is C13H20N2O. The Kier molecular flexibility index (Phi) is 3.67. The van der Waals surface area contributed by atoms with Gasteiger partial charge in [-0.1, -0.05) is 12.1 Å². The van der Waals surface area contributed by atoms with Gasteiger partial charge in [-0.05, 0) is 31.9 Å². The monoisotopic (exact) mass is 220 g/mol. The summed E-state index contributed by atoms with van der Waals surface area (Å²) in [5, 5.41) is 0. The molecule has 0 aromatic heterocycles. The molecule has 88 valence electrons. The Labute approximate surface area is 97.2 Å². The second kappa shape index (κ2) is 5.21. The van der Waals surface area contributed by atoms with Gasteiger partial charge >= 0.3 is 0 Å². The minimum Gasteiger partial charge on any atom is -0.490 e. The number of para-hydroxylation sites is 2. The number of ether oxygens (including phenoxy) is 1. The molecule has 1 saturated heterocycles. The third-order valence-corrected chi connectivity index (χ3v) is 3.10. The SMILES string of the molecule is CC1CCCN1c1ccccc1OCCN. The summed E-state index contributed by atoms with van der Waals surface area (Å²) in [6.07, 6.45) is 2.54. The summed E-state index contributed by atoms with van der Waals surface area (Å²) < 4.78 is 5.68. The van der Waals surface area contributed by atoms with E-state index in [9.17, 15) is 0 Å². The summed E-state index contributed by atoms with van der Waals surface area (Å²) >= 11 is 0. The molecular weight excluding hydrogens is 200 g/mol. The highest BCUT2D eigenvalue weighted by Crippen LogP contribution is 2.33. The minimum atomic E-state index is 0.559. The standard InChI is InChI=1S/C13H20N2O/c1-11-5-4-9-15(11)12-6-2-3-7-13(12)16-10-8-14/h2-3,6-7,11H,4-5,8-10,14H2,1H3. The minimum absolute atomic E-state index is 0.559. The normalized spacial score (nSPS) is 20.1. The van der Waals surface area contributed by atoms with E-state index in [1.54, 1.807) is 0 Å². The van der Waals surface area contributed by atoms with E-state index < -0.39 is 0 Å². The van der Waals surface area contributed by atoms with Gasteiger partial charge in [0, 0.05) is 19.1 Å². The van der Waals surface area contributed by atoms with Crippen LogP contribution in [0.4, 0.5) is 5.69 Å². The van der Waals surface area contributed by atoms with Gasteiger partial charge in [0.15, 0.2) is 0 Å². The fourth-order valence-electron chi connectivity index (χ4n) is 2.28. The van der Waals surface area contributed by atoms with Gasteiger partial charge in [0.1, 0.15) is 12.4 Å². The van der Waals surface area contributed by atoms with Crippen LogP contribution in [0.3, 0.4) is 0 Å². The maximum atomic E-state index is 5.68. The molecule has 0 amide bonds. The summed E-state index contributed by atoms with van der Waals surface area (Å²) in [6, 6.07) is 8.85. The van der Waals surface area contributed by atoms with Crippen molar-refractivity contribution in [2.45, 2.75) is 25.8 Å². The number of benzene rings is 1. The zero-order valence-electron chi connectivity index (χ0n) is 9.86. The molecule has 1 fully saturated rings. The van der Waals surface area contributed by atoms with Crippen LogP contribution in [-0.2, 0) is 0 Å². The van der Waals surface area contributed by atoms with Gasteiger partial charge in [0.2, 0.25) is 0 Å². The van der Waals surface area contributed by atoms with Crippen LogP contribution in [0.5, 0.6) is 5.75 Å². The second-order valence-electron chi connectivity index (χ2n) is 4.29. The van der Waals surface area contributed by atoms with E-state index in [2.05, 4.69) is 24.0 Å². The Bertz CT molecular complexity index is 340. The molecule has 1 aromatic rings. The van der Waals surface area contributed by atoms with Crippen LogP contribution in [0.1, 0.15) is 19.8 Å². The molecule has 1 heterocycles. The predicted octanol–water partition coefficient (Wildman–Crippen LogP) is 2.01. The molecule has 1 unspecified atom stereocenters. The van der Waals surface area contributed by atoms with Gasteiger partial charge in [0.05, 0.1) is 5.69 Å². The Morgan fingerprint density at radius 1 is 1.44 bits per heavy atom. The lowest BCUT2D eigenvalue weighted by Crippen LogP contribution is -2.27. The van der Waals surface area contributed by atoms with Gasteiger partial charge < -0.3 is 15.4 Å². The fourth-order valence-corrected chi connectivity index (χ4v) is 2.28. The molecule has 3 heteroatoms. The number of hydrogen-bond donors (Lipinski definition) is 1. The summed E-state index contributed by atoms with van der Waals surface area (Å²) in [5.41, 5.74) is 6.68. The highest BCUT2D eigenvalue weighted by atomic mass is 16.5. The van der Waals surface area contributed by atoms with Crippen molar-refractivity contribution < 1.29 is 4.74 Å². The Morgan fingerprint density at radius 2 is 2.25 bits per heavy atom. The number of nitrogens with zero attached hydrogens (tertiary/aromatic N) is 1. The van der Waals surface area contributed by atoms with Crippen molar-refractivity contribution in [1.29, 1.82) is 0 Å². The summed E-state index contributed by atoms with van der Waals surface area (Å²) in [4.78, 5) is 2.42. The third kappa shape index (κ3) is 2.30. The lowest BCUT2D eigenvalue weighted by Gasteiger charge is -2.26. The predicted molar refractivity (Wildman–Crippen MR) is 67.0 cm³/mol. The van der Waals surface area contributed by atoms with E-state index in [1.807, 2.05) is 12.1 Å². The lowest BCUT2D eigenvalue weighted by atomic mass is 10.2. The molecule has 2 rings (SSSR count). The molecule has 1 atom stereocenters. The smallest absolute Gasteiger partial charge is 0.142 e. The van der Waals surface area contributed by atoms with Crippen molar-refractivity contribution >= 4 is 5.69 Å². The molecule has 0 radical (unpaired) electrons. The first-order chi connectivity index (χ1) is 7.83. The molecule has 3 nitrogen and oxygen atoms in total. The lowest BCUT2D eigenvalue weighted by molar-refractivity contribution is 0.328. The molecule has 2 N–H and O–H groups in total. The van der Waals surface area contributed by atoms with E-state index in [1.165, 1.54) is 18.5 Å². The first kappa shape index (κ1) is 11.3. The van der Waals surface area contributed by atoms with Gasteiger partial charge in [-0.3, -0.25) is 0 Å². The molecule has 0 aliphatic carbocycles. The molecule has 1 aliphatic heterocycles. The summed E-state index contributed by atoms with van der Waals surface area (Å²) in [6.45, 7) is 4.54. The molecule has 0 saturated carbocycles. The second-order valence-corrected chi connectivity index (χ2v) is 4.29. The zero-order chi connectivity index (χ0) is 11.4. The largest absolute Gasteiger partial charge is 0.490 e. The molecule has 0 spiro atoms. The molecule has 16 heavy (non-hydrogen) atoms. The van der Waals surface area contributed by atoms with Crippen LogP contribution in [0, 0.1) is 0 Å². The van der Waals surface area contributed by atoms with Crippen LogP contribution in [0.15, 0.2) is 24.3 Å². The van der Waals surface area contributed by atoms with Crippen LogP contribution in [0.2, 0.25) is 0 Å². The van der Waals surface area contributed by atoms with Crippen LogP contribution < -0.4 is 15.4 Å². The first-order valence-corrected chi connectivity index (χ1v) is 6.01. The van der Waals surface area contributed by atoms with Crippen molar-refractivity contribution in [1.82, 2.24) is 0 Å². The Balaban J connectivity index is 2.18. The number of rotatable bonds is 4. The van der Waals surface area contributed by atoms with E-state index in [0.717, 1.165) is 12.3 Å². The van der Waals surface area contributed by atoms with Gasteiger partial charge in [-0.2, -0.15) is 0 Å². The van der Waals surface area contributed by atoms with E-state index >= 15 is 0 Å². The van der Waals surface area contributed by atoms with Crippen molar-refractivity contribution in [3.8, 4) is 5.75 Å². The number of anilines is 1. The number of hydrogen-bond acceptors (Lipinski definition) is 3. The average molecular weight is 220 g/mol. The molecule has 0 bridgehead atoms. The zero-order valence-corrected chi connectivity index (χ0v) is 9.86. The Hall–Kier alpha value is -1.22. The molecule has 1 aromatic carbocycles. The quantitative estimate of drug-likeness (QED) is 0.843. The van der Waals surface area contributed by atoms with Crippen molar-refractivity contribution in [3.63, 3.8) is 0 Å². The van der Waals surface area contributed by atoms with Crippen molar-refractivity contribution in [2.75, 3.05) is 24.6 Å². The maximum absolute atomic E-state index is 5.68. The highest BCUT2D eigenvalue weighted by molar-refractivity contribution is 5.59. The van der Waals surface area contributed by atoms with E-state index in [-0.39, 0.29) is 0 Å². The Morgan fingerprint density at radius 3 is 2.94 bits per heavy atom. The highest BCUT2D eigenvalue weighted by Gasteiger charge is 2.22. The van der Waals surface area contributed by atoms with Gasteiger partial charge in [-0.15, -0.1) is 0 Å². The van der Waals surface area contributed by atoms with Crippen molar-refractivity contribution in [3.05, 3.63) is 24.3 Å². The van der Waals surface area contributed by atoms with Crippen LogP contribution in [-0.4, -0.2) is 25.7 Å². The maximum Gasteiger partial charge on any atom is 0.142 e. The molecule has 1 aliphatic rings. The summed E-state index contributed by atoms with van der Waals surface area (Å²) in [7, 11) is 0. The van der Waals surface area contributed by atoms with Gasteiger partial charge in [-0.25, -0.2) is 0 Å². The van der Waals surface area contributed by atoms with E-state index in [0.29, 0.717) is 19.2 Å². The van der Waals surface area contributed by atoms with E-state index in [4.69, 9.17) is 10.5 Å². The topological polar surface area (TPSA) is 38.5 Å². The number of nitrogens with two attached hydrogens (primary N) is 1. The fraction of sp³-hybridized carbons (Fsp3) is 0.538. The van der Waals surface area contributed by atoms with Gasteiger partial charge in [0.25, 0.3) is 0 Å². The third-order valence-electron chi connectivity index (χ3n) is 3.10. The van der Waals surface area contributed by atoms with Crippen LogP contribution >= 0.6 is 0 Å².